The lowest BCUT2D eigenvalue weighted by atomic mass is 9.95. The molecular formula is C14H23NO2. The molecule has 0 aliphatic carbocycles. The largest absolute Gasteiger partial charge is 0.507 e. The number of para-hydroxylation sites is 1. The number of rotatable bonds is 6. The average Bonchev–Trinajstić information content (AvgIpc) is 2.31. The molecule has 0 aliphatic heterocycles. The van der Waals surface area contributed by atoms with Gasteiger partial charge < -0.3 is 10.2 Å². The Balaban J connectivity index is 2.86. The lowest BCUT2D eigenvalue weighted by molar-refractivity contribution is 0.216. The minimum Gasteiger partial charge on any atom is -0.507 e. The molecule has 0 spiro atoms. The van der Waals surface area contributed by atoms with Gasteiger partial charge in [0.15, 0.2) is 0 Å². The summed E-state index contributed by atoms with van der Waals surface area (Å²) in [6.45, 7) is 5.66. The van der Waals surface area contributed by atoms with E-state index in [9.17, 15) is 5.11 Å². The van der Waals surface area contributed by atoms with Crippen LogP contribution in [0.4, 0.5) is 0 Å². The highest BCUT2D eigenvalue weighted by Crippen LogP contribution is 2.31. The van der Waals surface area contributed by atoms with Crippen LogP contribution in [0, 0.1) is 0 Å². The van der Waals surface area contributed by atoms with Gasteiger partial charge in [-0.05, 0) is 24.9 Å². The third-order valence-electron chi connectivity index (χ3n) is 3.22. The zero-order valence-corrected chi connectivity index (χ0v) is 11.0. The smallest absolute Gasteiger partial charge is 0.123 e. The topological polar surface area (TPSA) is 43.7 Å². The number of aromatic hydroxyl groups is 1. The van der Waals surface area contributed by atoms with Crippen LogP contribution in [0.1, 0.15) is 37.3 Å². The summed E-state index contributed by atoms with van der Waals surface area (Å²) in [4.78, 5) is 2.00. The van der Waals surface area contributed by atoms with Gasteiger partial charge in [0, 0.05) is 18.7 Å². The van der Waals surface area contributed by atoms with E-state index < -0.39 is 0 Å². The Morgan fingerprint density at radius 1 is 1.35 bits per heavy atom. The summed E-state index contributed by atoms with van der Waals surface area (Å²) in [6.07, 6.45) is 1.02. The van der Waals surface area contributed by atoms with Crippen LogP contribution in [0.3, 0.4) is 0 Å². The summed E-state index contributed by atoms with van der Waals surface area (Å²) in [7, 11) is 1.94. The van der Waals surface area contributed by atoms with E-state index in [1.165, 1.54) is 0 Å². The molecule has 1 aromatic carbocycles. The van der Waals surface area contributed by atoms with Crippen LogP contribution in [0.2, 0.25) is 0 Å². The molecule has 0 saturated carbocycles. The molecule has 17 heavy (non-hydrogen) atoms. The number of aliphatic hydroxyl groups excluding tert-OH is 1. The maximum atomic E-state index is 10.2. The first-order valence-corrected chi connectivity index (χ1v) is 6.20. The number of likely N-dealkylation sites (N-methyl/N-ethyl adjacent to an activating group) is 1. The van der Waals surface area contributed by atoms with Crippen molar-refractivity contribution in [3.8, 4) is 5.75 Å². The lowest BCUT2D eigenvalue weighted by Crippen LogP contribution is -2.21. The van der Waals surface area contributed by atoms with Gasteiger partial charge in [-0.25, -0.2) is 0 Å². The zero-order chi connectivity index (χ0) is 12.8. The molecule has 0 amide bonds. The number of hydrogen-bond acceptors (Lipinski definition) is 3. The Labute approximate surface area is 104 Å². The van der Waals surface area contributed by atoms with Crippen molar-refractivity contribution in [3.05, 3.63) is 29.3 Å². The maximum absolute atomic E-state index is 10.2. The summed E-state index contributed by atoms with van der Waals surface area (Å²) >= 11 is 0. The first kappa shape index (κ1) is 14.0. The van der Waals surface area contributed by atoms with Gasteiger partial charge in [0.2, 0.25) is 0 Å². The average molecular weight is 237 g/mol. The molecule has 1 atom stereocenters. The number of benzene rings is 1. The van der Waals surface area contributed by atoms with E-state index in [2.05, 4.69) is 13.8 Å². The SMILES string of the molecule is CCC(C)c1cccc(CN(C)CCO)c1O. The molecule has 0 saturated heterocycles. The van der Waals surface area contributed by atoms with Crippen LogP contribution < -0.4 is 0 Å². The van der Waals surface area contributed by atoms with Gasteiger partial charge in [-0.1, -0.05) is 32.0 Å². The highest BCUT2D eigenvalue weighted by atomic mass is 16.3. The molecule has 0 heterocycles. The fourth-order valence-corrected chi connectivity index (χ4v) is 1.90. The molecule has 3 heteroatoms. The number of aliphatic hydroxyl groups is 1. The molecule has 0 radical (unpaired) electrons. The number of hydrogen-bond donors (Lipinski definition) is 2. The summed E-state index contributed by atoms with van der Waals surface area (Å²) in [5.41, 5.74) is 1.95. The monoisotopic (exact) mass is 237 g/mol. The van der Waals surface area contributed by atoms with E-state index in [4.69, 9.17) is 5.11 Å². The highest BCUT2D eigenvalue weighted by Gasteiger charge is 2.12. The second kappa shape index (κ2) is 6.62. The number of nitrogens with zero attached hydrogens (tertiary/aromatic N) is 1. The van der Waals surface area contributed by atoms with Crippen molar-refractivity contribution in [3.63, 3.8) is 0 Å². The van der Waals surface area contributed by atoms with Crippen LogP contribution in [0.15, 0.2) is 18.2 Å². The first-order chi connectivity index (χ1) is 8.10. The van der Waals surface area contributed by atoms with Crippen LogP contribution >= 0.6 is 0 Å². The molecule has 0 aliphatic rings. The lowest BCUT2D eigenvalue weighted by Gasteiger charge is -2.19. The van der Waals surface area contributed by atoms with Gasteiger partial charge in [-0.15, -0.1) is 0 Å². The van der Waals surface area contributed by atoms with E-state index in [1.54, 1.807) is 0 Å². The van der Waals surface area contributed by atoms with Gasteiger partial charge in [-0.2, -0.15) is 0 Å². The molecule has 0 fully saturated rings. The van der Waals surface area contributed by atoms with Crippen molar-refractivity contribution >= 4 is 0 Å². The van der Waals surface area contributed by atoms with Crippen molar-refractivity contribution in [2.24, 2.45) is 0 Å². The quantitative estimate of drug-likeness (QED) is 0.798. The highest BCUT2D eigenvalue weighted by molar-refractivity contribution is 5.42. The third kappa shape index (κ3) is 3.72. The van der Waals surface area contributed by atoms with Crippen LogP contribution in [-0.4, -0.2) is 35.3 Å². The van der Waals surface area contributed by atoms with Crippen LogP contribution in [0.25, 0.3) is 0 Å². The third-order valence-corrected chi connectivity index (χ3v) is 3.22. The van der Waals surface area contributed by atoms with Gasteiger partial charge in [0.25, 0.3) is 0 Å². The van der Waals surface area contributed by atoms with E-state index in [0.29, 0.717) is 24.8 Å². The Morgan fingerprint density at radius 2 is 2.06 bits per heavy atom. The molecular weight excluding hydrogens is 214 g/mol. The minimum absolute atomic E-state index is 0.141. The molecule has 2 N–H and O–H groups in total. The Kier molecular flexibility index (Phi) is 5.45. The van der Waals surface area contributed by atoms with Crippen molar-refractivity contribution in [1.29, 1.82) is 0 Å². The molecule has 1 unspecified atom stereocenters. The second-order valence-electron chi connectivity index (χ2n) is 4.63. The molecule has 96 valence electrons. The standard InChI is InChI=1S/C14H23NO2/c1-4-11(2)13-7-5-6-12(14(13)17)10-15(3)8-9-16/h5-7,11,16-17H,4,8-10H2,1-3H3. The van der Waals surface area contributed by atoms with Gasteiger partial charge in [0.05, 0.1) is 6.61 Å². The summed E-state index contributed by atoms with van der Waals surface area (Å²) in [5.74, 6) is 0.782. The van der Waals surface area contributed by atoms with E-state index in [0.717, 1.165) is 17.5 Å². The normalized spacial score (nSPS) is 13.0. The molecule has 1 aromatic rings. The Bertz CT molecular complexity index is 352. The number of phenolic OH excluding ortho intramolecular Hbond substituents is 1. The van der Waals surface area contributed by atoms with Crippen molar-refractivity contribution < 1.29 is 10.2 Å². The van der Waals surface area contributed by atoms with E-state index in [1.807, 2.05) is 30.1 Å². The molecule has 0 aromatic heterocycles. The molecule has 0 bridgehead atoms. The predicted molar refractivity (Wildman–Crippen MR) is 70.2 cm³/mol. The second-order valence-corrected chi connectivity index (χ2v) is 4.63. The molecule has 3 nitrogen and oxygen atoms in total. The Hall–Kier alpha value is -1.06. The predicted octanol–water partition coefficient (Wildman–Crippen LogP) is 2.33. The summed E-state index contributed by atoms with van der Waals surface area (Å²) in [5, 5.41) is 19.1. The fourth-order valence-electron chi connectivity index (χ4n) is 1.90. The summed E-state index contributed by atoms with van der Waals surface area (Å²) < 4.78 is 0. The van der Waals surface area contributed by atoms with Gasteiger partial charge in [0.1, 0.15) is 5.75 Å². The minimum atomic E-state index is 0.141. The van der Waals surface area contributed by atoms with E-state index in [-0.39, 0.29) is 6.61 Å². The van der Waals surface area contributed by atoms with E-state index >= 15 is 0 Å². The summed E-state index contributed by atoms with van der Waals surface area (Å²) in [6, 6.07) is 5.91. The van der Waals surface area contributed by atoms with Crippen molar-refractivity contribution in [2.75, 3.05) is 20.2 Å². The molecule has 1 rings (SSSR count). The Morgan fingerprint density at radius 3 is 2.65 bits per heavy atom. The van der Waals surface area contributed by atoms with Gasteiger partial charge in [-0.3, -0.25) is 4.90 Å². The fraction of sp³-hybridized carbons (Fsp3) is 0.571. The van der Waals surface area contributed by atoms with Crippen LogP contribution in [-0.2, 0) is 6.54 Å². The van der Waals surface area contributed by atoms with Crippen molar-refractivity contribution in [1.82, 2.24) is 4.90 Å². The maximum Gasteiger partial charge on any atom is 0.123 e. The van der Waals surface area contributed by atoms with Crippen LogP contribution in [0.5, 0.6) is 5.75 Å². The first-order valence-electron chi connectivity index (χ1n) is 6.20. The number of phenols is 1. The van der Waals surface area contributed by atoms with Crippen molar-refractivity contribution in [2.45, 2.75) is 32.7 Å². The van der Waals surface area contributed by atoms with Gasteiger partial charge >= 0.3 is 0 Å². The zero-order valence-electron chi connectivity index (χ0n) is 11.0.